The Morgan fingerprint density at radius 3 is 2.86 bits per heavy atom. The standard InChI is InChI=1S/C14H14N2O5/c1-2-4-12(14(17)18)21-11-7-6-10(16(19)20)13-9(11)5-3-8-15-13/h3,5-8,12H,2,4H2,1H3,(H,17,18). The number of hydrogen-bond donors (Lipinski definition) is 1. The van der Waals surface area contributed by atoms with Crippen LogP contribution in [0.1, 0.15) is 19.8 Å². The van der Waals surface area contributed by atoms with E-state index in [0.717, 1.165) is 0 Å². The van der Waals surface area contributed by atoms with Crippen LogP contribution in [-0.4, -0.2) is 27.1 Å². The third-order valence-electron chi connectivity index (χ3n) is 3.00. The van der Waals surface area contributed by atoms with Crippen LogP contribution in [0, 0.1) is 10.1 Å². The van der Waals surface area contributed by atoms with Crippen molar-refractivity contribution in [2.75, 3.05) is 0 Å². The van der Waals surface area contributed by atoms with Crippen molar-refractivity contribution >= 4 is 22.6 Å². The van der Waals surface area contributed by atoms with Crippen LogP contribution >= 0.6 is 0 Å². The molecule has 0 bridgehead atoms. The van der Waals surface area contributed by atoms with Crippen LogP contribution in [0.3, 0.4) is 0 Å². The summed E-state index contributed by atoms with van der Waals surface area (Å²) in [4.78, 5) is 25.6. The number of aliphatic carboxylic acids is 1. The second-order valence-electron chi connectivity index (χ2n) is 4.47. The maximum atomic E-state index is 11.2. The number of non-ortho nitro benzene ring substituents is 1. The lowest BCUT2D eigenvalue weighted by Gasteiger charge is -2.15. The van der Waals surface area contributed by atoms with E-state index >= 15 is 0 Å². The van der Waals surface area contributed by atoms with Crippen molar-refractivity contribution in [3.63, 3.8) is 0 Å². The van der Waals surface area contributed by atoms with Gasteiger partial charge in [-0.25, -0.2) is 9.78 Å². The highest BCUT2D eigenvalue weighted by Crippen LogP contribution is 2.32. The van der Waals surface area contributed by atoms with Crippen LogP contribution < -0.4 is 4.74 Å². The van der Waals surface area contributed by atoms with Gasteiger partial charge in [0.2, 0.25) is 0 Å². The predicted molar refractivity (Wildman–Crippen MR) is 75.4 cm³/mol. The van der Waals surface area contributed by atoms with Gasteiger partial charge in [0, 0.05) is 17.6 Å². The van der Waals surface area contributed by atoms with Gasteiger partial charge in [0.15, 0.2) is 11.6 Å². The molecule has 1 unspecified atom stereocenters. The van der Waals surface area contributed by atoms with Gasteiger partial charge < -0.3 is 9.84 Å². The van der Waals surface area contributed by atoms with E-state index in [-0.39, 0.29) is 17.0 Å². The molecule has 0 saturated carbocycles. The summed E-state index contributed by atoms with van der Waals surface area (Å²) in [7, 11) is 0. The average molecular weight is 290 g/mol. The van der Waals surface area contributed by atoms with Crippen molar-refractivity contribution in [1.82, 2.24) is 4.98 Å². The molecule has 0 aliphatic rings. The van der Waals surface area contributed by atoms with Gasteiger partial charge in [0.05, 0.1) is 4.92 Å². The number of carboxylic acids is 1. The molecule has 7 heteroatoms. The van der Waals surface area contributed by atoms with Crippen molar-refractivity contribution < 1.29 is 19.6 Å². The third kappa shape index (κ3) is 3.07. The number of ether oxygens (including phenoxy) is 1. The number of benzene rings is 1. The van der Waals surface area contributed by atoms with Gasteiger partial charge in [0.25, 0.3) is 5.69 Å². The molecule has 110 valence electrons. The highest BCUT2D eigenvalue weighted by atomic mass is 16.6. The lowest BCUT2D eigenvalue weighted by atomic mass is 10.1. The zero-order valence-electron chi connectivity index (χ0n) is 11.4. The summed E-state index contributed by atoms with van der Waals surface area (Å²) < 4.78 is 5.50. The first-order chi connectivity index (χ1) is 10.0. The summed E-state index contributed by atoms with van der Waals surface area (Å²) in [6, 6.07) is 5.92. The Morgan fingerprint density at radius 2 is 2.24 bits per heavy atom. The van der Waals surface area contributed by atoms with Crippen molar-refractivity contribution in [3.8, 4) is 5.75 Å². The zero-order chi connectivity index (χ0) is 15.4. The molecule has 0 aliphatic heterocycles. The first-order valence-electron chi connectivity index (χ1n) is 6.46. The molecule has 0 spiro atoms. The van der Waals surface area contributed by atoms with E-state index in [1.54, 1.807) is 12.1 Å². The van der Waals surface area contributed by atoms with Crippen LogP contribution in [0.5, 0.6) is 5.75 Å². The molecule has 1 N–H and O–H groups in total. The van der Waals surface area contributed by atoms with E-state index in [2.05, 4.69) is 4.98 Å². The Balaban J connectivity index is 2.48. The minimum absolute atomic E-state index is 0.139. The fourth-order valence-corrected chi connectivity index (χ4v) is 2.03. The molecule has 1 aromatic heterocycles. The zero-order valence-corrected chi connectivity index (χ0v) is 11.4. The second-order valence-corrected chi connectivity index (χ2v) is 4.47. The molecule has 0 saturated heterocycles. The number of carboxylic acid groups (broad SMARTS) is 1. The van der Waals surface area contributed by atoms with Crippen molar-refractivity contribution in [2.45, 2.75) is 25.9 Å². The van der Waals surface area contributed by atoms with Gasteiger partial charge in [0.1, 0.15) is 5.75 Å². The van der Waals surface area contributed by atoms with Gasteiger partial charge in [-0.15, -0.1) is 0 Å². The Kier molecular flexibility index (Phi) is 4.32. The number of aromatic nitrogens is 1. The fourth-order valence-electron chi connectivity index (χ4n) is 2.03. The quantitative estimate of drug-likeness (QED) is 0.648. The lowest BCUT2D eigenvalue weighted by molar-refractivity contribution is -0.383. The summed E-state index contributed by atoms with van der Waals surface area (Å²) in [5.41, 5.74) is 0.0425. The normalized spacial score (nSPS) is 12.0. The van der Waals surface area contributed by atoms with Gasteiger partial charge in [-0.2, -0.15) is 0 Å². The van der Waals surface area contributed by atoms with Crippen LogP contribution in [0.25, 0.3) is 10.9 Å². The van der Waals surface area contributed by atoms with Gasteiger partial charge >= 0.3 is 5.97 Å². The van der Waals surface area contributed by atoms with Crippen molar-refractivity contribution in [1.29, 1.82) is 0 Å². The average Bonchev–Trinajstić information content (AvgIpc) is 2.46. The van der Waals surface area contributed by atoms with E-state index in [1.165, 1.54) is 18.3 Å². The first kappa shape index (κ1) is 14.7. The van der Waals surface area contributed by atoms with E-state index in [1.807, 2.05) is 6.92 Å². The number of fused-ring (bicyclic) bond motifs is 1. The molecular weight excluding hydrogens is 276 g/mol. The van der Waals surface area contributed by atoms with Crippen molar-refractivity contribution in [2.24, 2.45) is 0 Å². The Morgan fingerprint density at radius 1 is 1.48 bits per heavy atom. The number of hydrogen-bond acceptors (Lipinski definition) is 5. The minimum Gasteiger partial charge on any atom is -0.479 e. The van der Waals surface area contributed by atoms with E-state index in [9.17, 15) is 14.9 Å². The summed E-state index contributed by atoms with van der Waals surface area (Å²) in [5.74, 6) is -0.781. The number of nitro groups is 1. The summed E-state index contributed by atoms with van der Waals surface area (Å²) in [5, 5.41) is 20.5. The lowest BCUT2D eigenvalue weighted by Crippen LogP contribution is -2.26. The molecule has 0 fully saturated rings. The number of pyridine rings is 1. The second kappa shape index (κ2) is 6.17. The van der Waals surface area contributed by atoms with E-state index in [4.69, 9.17) is 9.84 Å². The molecule has 7 nitrogen and oxygen atoms in total. The summed E-state index contributed by atoms with van der Waals surface area (Å²) in [6.07, 6.45) is 1.47. The summed E-state index contributed by atoms with van der Waals surface area (Å²) >= 11 is 0. The topological polar surface area (TPSA) is 103 Å². The van der Waals surface area contributed by atoms with Crippen LogP contribution in [-0.2, 0) is 4.79 Å². The molecule has 1 atom stereocenters. The highest BCUT2D eigenvalue weighted by molar-refractivity contribution is 5.92. The molecule has 0 radical (unpaired) electrons. The number of carbonyl (C=O) groups is 1. The third-order valence-corrected chi connectivity index (χ3v) is 3.00. The SMILES string of the molecule is CCCC(Oc1ccc([N+](=O)[O-])c2ncccc12)C(=O)O. The number of nitro benzene ring substituents is 1. The Hall–Kier alpha value is -2.70. The van der Waals surface area contributed by atoms with Crippen molar-refractivity contribution in [3.05, 3.63) is 40.6 Å². The molecule has 21 heavy (non-hydrogen) atoms. The molecule has 2 rings (SSSR count). The van der Waals surface area contributed by atoms with Gasteiger partial charge in [-0.3, -0.25) is 10.1 Å². The van der Waals surface area contributed by atoms with E-state index < -0.39 is 17.0 Å². The van der Waals surface area contributed by atoms with Crippen LogP contribution in [0.2, 0.25) is 0 Å². The maximum absolute atomic E-state index is 11.2. The van der Waals surface area contributed by atoms with Crippen LogP contribution in [0.15, 0.2) is 30.5 Å². The number of nitrogens with zero attached hydrogens (tertiary/aromatic N) is 2. The molecule has 1 aromatic carbocycles. The Bertz CT molecular complexity index is 686. The Labute approximate surface area is 120 Å². The van der Waals surface area contributed by atoms with E-state index in [0.29, 0.717) is 18.2 Å². The fraction of sp³-hybridized carbons (Fsp3) is 0.286. The smallest absolute Gasteiger partial charge is 0.344 e. The first-order valence-corrected chi connectivity index (χ1v) is 6.46. The molecule has 0 aliphatic carbocycles. The van der Waals surface area contributed by atoms with Gasteiger partial charge in [-0.1, -0.05) is 13.3 Å². The molecule has 0 amide bonds. The van der Waals surface area contributed by atoms with Crippen LogP contribution in [0.4, 0.5) is 5.69 Å². The maximum Gasteiger partial charge on any atom is 0.344 e. The monoisotopic (exact) mass is 290 g/mol. The molecule has 2 aromatic rings. The highest BCUT2D eigenvalue weighted by Gasteiger charge is 2.22. The summed E-state index contributed by atoms with van der Waals surface area (Å²) in [6.45, 7) is 1.86. The molecule has 1 heterocycles. The minimum atomic E-state index is -1.06. The number of rotatable bonds is 6. The predicted octanol–water partition coefficient (Wildman–Crippen LogP) is 2.78. The van der Waals surface area contributed by atoms with Gasteiger partial charge in [-0.05, 0) is 24.6 Å². The largest absolute Gasteiger partial charge is 0.479 e. The molecular formula is C14H14N2O5.